The summed E-state index contributed by atoms with van der Waals surface area (Å²) in [5.74, 6) is 0. The molecule has 1 aliphatic heterocycles. The van der Waals surface area contributed by atoms with Gasteiger partial charge in [0.25, 0.3) is 5.56 Å². The van der Waals surface area contributed by atoms with Crippen molar-refractivity contribution in [1.82, 2.24) is 4.57 Å². The largest absolute Gasteiger partial charge is 0.417 e. The molecule has 1 fully saturated rings. The van der Waals surface area contributed by atoms with Gasteiger partial charge in [0.05, 0.1) is 38.0 Å². The zero-order chi connectivity index (χ0) is 13.2. The zero-order valence-electron chi connectivity index (χ0n) is 9.44. The van der Waals surface area contributed by atoms with Crippen LogP contribution >= 0.6 is 0 Å². The zero-order valence-corrected chi connectivity index (χ0v) is 9.44. The van der Waals surface area contributed by atoms with E-state index in [2.05, 4.69) is 0 Å². The normalized spacial score (nSPS) is 20.9. The summed E-state index contributed by atoms with van der Waals surface area (Å²) < 4.78 is 48.9. The molecule has 1 atom stereocenters. The minimum atomic E-state index is -4.46. The van der Waals surface area contributed by atoms with Crippen molar-refractivity contribution in [2.24, 2.45) is 0 Å². The summed E-state index contributed by atoms with van der Waals surface area (Å²) in [6, 6.07) is 1.68. The van der Waals surface area contributed by atoms with Gasteiger partial charge in [0.15, 0.2) is 0 Å². The number of alkyl halides is 3. The predicted molar refractivity (Wildman–Crippen MR) is 56.3 cm³/mol. The standard InChI is InChI=1S/C11H12F3NO3/c12-11(13,14)8-1-2-10(16)15(5-8)6-9-7-17-3-4-18-9/h1-2,5,9H,3-4,6-7H2. The van der Waals surface area contributed by atoms with Crippen LogP contribution in [0.2, 0.25) is 0 Å². The van der Waals surface area contributed by atoms with Crippen LogP contribution in [-0.4, -0.2) is 30.5 Å². The lowest BCUT2D eigenvalue weighted by atomic mass is 10.2. The molecule has 0 aromatic carbocycles. The second-order valence-electron chi connectivity index (χ2n) is 3.97. The predicted octanol–water partition coefficient (Wildman–Crippen LogP) is 1.28. The third-order valence-electron chi connectivity index (χ3n) is 2.60. The highest BCUT2D eigenvalue weighted by molar-refractivity contribution is 5.13. The molecular weight excluding hydrogens is 251 g/mol. The van der Waals surface area contributed by atoms with Crippen LogP contribution in [-0.2, 0) is 22.2 Å². The van der Waals surface area contributed by atoms with E-state index in [1.807, 2.05) is 0 Å². The molecule has 0 saturated carbocycles. The molecule has 100 valence electrons. The van der Waals surface area contributed by atoms with Gasteiger partial charge in [0, 0.05) is 12.3 Å². The lowest BCUT2D eigenvalue weighted by Crippen LogP contribution is -2.35. The topological polar surface area (TPSA) is 40.5 Å². The van der Waals surface area contributed by atoms with Gasteiger partial charge in [0.1, 0.15) is 0 Å². The molecule has 7 heteroatoms. The minimum absolute atomic E-state index is 0.0583. The first-order valence-electron chi connectivity index (χ1n) is 5.44. The highest BCUT2D eigenvalue weighted by atomic mass is 19.4. The fourth-order valence-corrected chi connectivity index (χ4v) is 1.70. The van der Waals surface area contributed by atoms with Crippen LogP contribution in [0.5, 0.6) is 0 Å². The highest BCUT2D eigenvalue weighted by Gasteiger charge is 2.31. The van der Waals surface area contributed by atoms with Gasteiger partial charge in [-0.25, -0.2) is 0 Å². The van der Waals surface area contributed by atoms with E-state index in [-0.39, 0.29) is 19.3 Å². The Kier molecular flexibility index (Phi) is 3.72. The fourth-order valence-electron chi connectivity index (χ4n) is 1.70. The van der Waals surface area contributed by atoms with E-state index in [1.165, 1.54) is 0 Å². The lowest BCUT2D eigenvalue weighted by molar-refractivity contribution is -0.138. The van der Waals surface area contributed by atoms with Crippen molar-refractivity contribution < 1.29 is 22.6 Å². The summed E-state index contributed by atoms with van der Waals surface area (Å²) >= 11 is 0. The van der Waals surface area contributed by atoms with Gasteiger partial charge in [-0.3, -0.25) is 4.79 Å². The monoisotopic (exact) mass is 263 g/mol. The maximum atomic E-state index is 12.5. The van der Waals surface area contributed by atoms with Crippen LogP contribution in [0.3, 0.4) is 0 Å². The molecule has 2 heterocycles. The van der Waals surface area contributed by atoms with Gasteiger partial charge in [-0.2, -0.15) is 13.2 Å². The van der Waals surface area contributed by atoms with E-state index >= 15 is 0 Å². The Balaban J connectivity index is 2.18. The van der Waals surface area contributed by atoms with Gasteiger partial charge < -0.3 is 14.0 Å². The molecule has 0 N–H and O–H groups in total. The van der Waals surface area contributed by atoms with E-state index < -0.39 is 17.3 Å². The molecule has 0 bridgehead atoms. The molecule has 1 aromatic rings. The van der Waals surface area contributed by atoms with E-state index in [0.29, 0.717) is 13.2 Å². The lowest BCUT2D eigenvalue weighted by Gasteiger charge is -2.23. The van der Waals surface area contributed by atoms with Crippen molar-refractivity contribution in [1.29, 1.82) is 0 Å². The molecule has 1 aromatic heterocycles. The van der Waals surface area contributed by atoms with Crippen LogP contribution < -0.4 is 5.56 Å². The first kappa shape index (κ1) is 13.1. The Morgan fingerprint density at radius 3 is 2.72 bits per heavy atom. The second kappa shape index (κ2) is 5.11. The van der Waals surface area contributed by atoms with Crippen LogP contribution in [0, 0.1) is 0 Å². The minimum Gasteiger partial charge on any atom is -0.376 e. The summed E-state index contributed by atoms with van der Waals surface area (Å²) in [6.07, 6.45) is -4.04. The third kappa shape index (κ3) is 3.11. The molecule has 18 heavy (non-hydrogen) atoms. The Morgan fingerprint density at radius 2 is 2.11 bits per heavy atom. The smallest absolute Gasteiger partial charge is 0.376 e. The average molecular weight is 263 g/mol. The van der Waals surface area contributed by atoms with Crippen molar-refractivity contribution in [3.05, 3.63) is 34.2 Å². The molecule has 0 amide bonds. The van der Waals surface area contributed by atoms with E-state index in [9.17, 15) is 18.0 Å². The molecule has 0 radical (unpaired) electrons. The van der Waals surface area contributed by atoms with Crippen molar-refractivity contribution >= 4 is 0 Å². The number of rotatable bonds is 2. The Bertz CT molecular complexity index is 463. The van der Waals surface area contributed by atoms with E-state index in [0.717, 1.165) is 22.9 Å². The van der Waals surface area contributed by atoms with Crippen LogP contribution in [0.4, 0.5) is 13.2 Å². The van der Waals surface area contributed by atoms with Crippen molar-refractivity contribution in [2.75, 3.05) is 19.8 Å². The van der Waals surface area contributed by atoms with Crippen LogP contribution in [0.1, 0.15) is 5.56 Å². The molecule has 1 unspecified atom stereocenters. The van der Waals surface area contributed by atoms with E-state index in [1.54, 1.807) is 0 Å². The third-order valence-corrected chi connectivity index (χ3v) is 2.60. The quantitative estimate of drug-likeness (QED) is 0.807. The molecule has 0 spiro atoms. The summed E-state index contributed by atoms with van der Waals surface area (Å²) in [5.41, 5.74) is -1.34. The average Bonchev–Trinajstić information content (AvgIpc) is 2.32. The SMILES string of the molecule is O=c1ccc(C(F)(F)F)cn1CC1COCCO1. The second-order valence-corrected chi connectivity index (χ2v) is 3.97. The van der Waals surface area contributed by atoms with Gasteiger partial charge in [-0.15, -0.1) is 0 Å². The number of halogens is 3. The van der Waals surface area contributed by atoms with E-state index in [4.69, 9.17) is 9.47 Å². The number of hydrogen-bond donors (Lipinski definition) is 0. The number of pyridine rings is 1. The van der Waals surface area contributed by atoms with Gasteiger partial charge in [-0.1, -0.05) is 0 Å². The Labute approximate surface area is 101 Å². The molecule has 4 nitrogen and oxygen atoms in total. The van der Waals surface area contributed by atoms with Gasteiger partial charge in [0.2, 0.25) is 0 Å². The molecule has 2 rings (SSSR count). The Morgan fingerprint density at radius 1 is 1.33 bits per heavy atom. The van der Waals surface area contributed by atoms with Gasteiger partial charge >= 0.3 is 6.18 Å². The maximum absolute atomic E-state index is 12.5. The molecular formula is C11H12F3NO3. The van der Waals surface area contributed by atoms with Crippen LogP contribution in [0.25, 0.3) is 0 Å². The Hall–Kier alpha value is -1.34. The maximum Gasteiger partial charge on any atom is 0.417 e. The van der Waals surface area contributed by atoms with Crippen molar-refractivity contribution in [2.45, 2.75) is 18.8 Å². The highest BCUT2D eigenvalue weighted by Crippen LogP contribution is 2.28. The summed E-state index contributed by atoms with van der Waals surface area (Å²) in [6.45, 7) is 1.19. The fraction of sp³-hybridized carbons (Fsp3) is 0.545. The number of nitrogens with zero attached hydrogens (tertiary/aromatic N) is 1. The summed E-state index contributed by atoms with van der Waals surface area (Å²) in [7, 11) is 0. The number of ether oxygens (including phenoxy) is 2. The van der Waals surface area contributed by atoms with Gasteiger partial charge in [-0.05, 0) is 6.07 Å². The first-order valence-corrected chi connectivity index (χ1v) is 5.44. The molecule has 0 aliphatic carbocycles. The molecule has 1 saturated heterocycles. The first-order chi connectivity index (χ1) is 8.47. The summed E-state index contributed by atoms with van der Waals surface area (Å²) in [4.78, 5) is 11.5. The van der Waals surface area contributed by atoms with Crippen molar-refractivity contribution in [3.63, 3.8) is 0 Å². The number of hydrogen-bond acceptors (Lipinski definition) is 3. The van der Waals surface area contributed by atoms with Crippen LogP contribution in [0.15, 0.2) is 23.1 Å². The number of aromatic nitrogens is 1. The van der Waals surface area contributed by atoms with Crippen molar-refractivity contribution in [3.8, 4) is 0 Å². The summed E-state index contributed by atoms with van der Waals surface area (Å²) in [5, 5.41) is 0. The molecule has 1 aliphatic rings.